The van der Waals surface area contributed by atoms with Crippen LogP contribution in [0.1, 0.15) is 11.1 Å². The monoisotopic (exact) mass is 368 g/mol. The molecule has 0 amide bonds. The molecular weight excluding hydrogens is 359 g/mol. The molecule has 0 aliphatic rings. The highest BCUT2D eigenvalue weighted by molar-refractivity contribution is 9.10. The Bertz CT molecular complexity index is 845. The van der Waals surface area contributed by atoms with Crippen LogP contribution in [0, 0.1) is 24.1 Å². The van der Waals surface area contributed by atoms with E-state index < -0.39 is 15.8 Å². The van der Waals surface area contributed by atoms with Crippen molar-refractivity contribution in [3.8, 4) is 6.07 Å². The molecule has 21 heavy (non-hydrogen) atoms. The predicted octanol–water partition coefficient (Wildman–Crippen LogP) is 3.57. The Labute approximate surface area is 130 Å². The van der Waals surface area contributed by atoms with Crippen molar-refractivity contribution in [2.45, 2.75) is 11.8 Å². The molecule has 0 saturated carbocycles. The summed E-state index contributed by atoms with van der Waals surface area (Å²) in [5.41, 5.74) is 0.457. The van der Waals surface area contributed by atoms with Gasteiger partial charge in [0.1, 0.15) is 22.3 Å². The Kier molecular flexibility index (Phi) is 4.30. The van der Waals surface area contributed by atoms with Crippen LogP contribution in [0.4, 0.5) is 10.1 Å². The van der Waals surface area contributed by atoms with Crippen LogP contribution in [-0.2, 0) is 10.0 Å². The number of hydrogen-bond donors (Lipinski definition) is 1. The largest absolute Gasteiger partial charge is 0.278 e. The number of halogens is 2. The summed E-state index contributed by atoms with van der Waals surface area (Å²) < 4.78 is 40.8. The molecule has 2 rings (SSSR count). The van der Waals surface area contributed by atoms with Crippen LogP contribution in [0.25, 0.3) is 0 Å². The number of aryl methyl sites for hydroxylation is 1. The molecule has 0 aliphatic carbocycles. The summed E-state index contributed by atoms with van der Waals surface area (Å²) in [5, 5.41) is 8.92. The maximum atomic E-state index is 13.5. The molecule has 0 fully saturated rings. The average Bonchev–Trinajstić information content (AvgIpc) is 2.38. The van der Waals surface area contributed by atoms with E-state index in [9.17, 15) is 12.8 Å². The second kappa shape index (κ2) is 5.84. The Balaban J connectivity index is 2.48. The summed E-state index contributed by atoms with van der Waals surface area (Å²) >= 11 is 3.19. The van der Waals surface area contributed by atoms with Crippen LogP contribution in [0.3, 0.4) is 0 Å². The fraction of sp³-hybridized carbons (Fsp3) is 0.0714. The lowest BCUT2D eigenvalue weighted by molar-refractivity contribution is 0.600. The summed E-state index contributed by atoms with van der Waals surface area (Å²) in [7, 11) is -3.92. The molecule has 0 atom stereocenters. The average molecular weight is 369 g/mol. The molecule has 2 aromatic rings. The zero-order chi connectivity index (χ0) is 15.6. The van der Waals surface area contributed by atoms with Gasteiger partial charge in [-0.15, -0.1) is 0 Å². The van der Waals surface area contributed by atoms with Crippen molar-refractivity contribution in [1.82, 2.24) is 0 Å². The summed E-state index contributed by atoms with van der Waals surface area (Å²) in [4.78, 5) is 0.0150. The van der Waals surface area contributed by atoms with Crippen molar-refractivity contribution in [3.05, 3.63) is 57.8 Å². The minimum atomic E-state index is -3.92. The molecule has 0 spiro atoms. The van der Waals surface area contributed by atoms with E-state index in [0.717, 1.165) is 11.6 Å². The van der Waals surface area contributed by atoms with Gasteiger partial charge in [0.2, 0.25) is 0 Å². The minimum absolute atomic E-state index is 0.0150. The number of hydrogen-bond acceptors (Lipinski definition) is 3. The van der Waals surface area contributed by atoms with E-state index >= 15 is 0 Å². The molecule has 108 valence electrons. The Morgan fingerprint density at radius 2 is 2.00 bits per heavy atom. The fourth-order valence-corrected chi connectivity index (χ4v) is 4.01. The molecular formula is C14H10BrFN2O2S. The molecule has 0 heterocycles. The predicted molar refractivity (Wildman–Crippen MR) is 80.8 cm³/mol. The van der Waals surface area contributed by atoms with Gasteiger partial charge >= 0.3 is 0 Å². The first-order valence-electron chi connectivity index (χ1n) is 5.83. The maximum absolute atomic E-state index is 13.5. The van der Waals surface area contributed by atoms with Gasteiger partial charge in [0, 0.05) is 4.47 Å². The van der Waals surface area contributed by atoms with Gasteiger partial charge in [0.25, 0.3) is 10.0 Å². The highest BCUT2D eigenvalue weighted by Gasteiger charge is 2.20. The van der Waals surface area contributed by atoms with E-state index in [1.807, 2.05) is 6.92 Å². The molecule has 0 saturated heterocycles. The first kappa shape index (κ1) is 15.5. The van der Waals surface area contributed by atoms with Crippen molar-refractivity contribution in [3.63, 3.8) is 0 Å². The smallest absolute Gasteiger partial charge is 0.263 e. The molecule has 1 N–H and O–H groups in total. The quantitative estimate of drug-likeness (QED) is 0.899. The normalized spacial score (nSPS) is 11.0. The molecule has 7 heteroatoms. The molecule has 2 aromatic carbocycles. The molecule has 0 aliphatic heterocycles. The lowest BCUT2D eigenvalue weighted by Gasteiger charge is -2.11. The van der Waals surface area contributed by atoms with Gasteiger partial charge in [0.15, 0.2) is 0 Å². The van der Waals surface area contributed by atoms with Gasteiger partial charge in [0.05, 0.1) is 5.69 Å². The van der Waals surface area contributed by atoms with Crippen LogP contribution < -0.4 is 4.72 Å². The van der Waals surface area contributed by atoms with E-state index in [0.29, 0.717) is 4.47 Å². The summed E-state index contributed by atoms with van der Waals surface area (Å²) in [5.74, 6) is -0.777. The Morgan fingerprint density at radius 3 is 2.62 bits per heavy atom. The van der Waals surface area contributed by atoms with Crippen LogP contribution >= 0.6 is 15.9 Å². The van der Waals surface area contributed by atoms with Crippen molar-refractivity contribution >= 4 is 31.6 Å². The third-order valence-corrected chi connectivity index (χ3v) is 5.09. The number of nitrogens with zero attached hydrogens (tertiary/aromatic N) is 1. The van der Waals surface area contributed by atoms with Crippen LogP contribution in [0.2, 0.25) is 0 Å². The van der Waals surface area contributed by atoms with Gasteiger partial charge in [-0.2, -0.15) is 5.26 Å². The standard InChI is InChI=1S/C14H10BrFN2O2S/c1-9-5-6-14(11(15)7-9)21(19,20)18-13-4-2-3-12(16)10(13)8-17/h2-7,18H,1H3. The molecule has 0 radical (unpaired) electrons. The number of rotatable bonds is 3. The maximum Gasteiger partial charge on any atom is 0.263 e. The van der Waals surface area contributed by atoms with E-state index in [4.69, 9.17) is 5.26 Å². The van der Waals surface area contributed by atoms with Crippen LogP contribution in [0.15, 0.2) is 45.8 Å². The Hall–Kier alpha value is -1.91. The van der Waals surface area contributed by atoms with Gasteiger partial charge < -0.3 is 0 Å². The fourth-order valence-electron chi connectivity index (χ4n) is 1.75. The first-order valence-corrected chi connectivity index (χ1v) is 8.10. The number of anilines is 1. The topological polar surface area (TPSA) is 70.0 Å². The molecule has 0 aromatic heterocycles. The minimum Gasteiger partial charge on any atom is -0.278 e. The summed E-state index contributed by atoms with van der Waals surface area (Å²) in [6, 6.07) is 10.2. The van der Waals surface area contributed by atoms with Crippen molar-refractivity contribution in [1.29, 1.82) is 5.26 Å². The zero-order valence-electron chi connectivity index (χ0n) is 10.9. The van der Waals surface area contributed by atoms with Gasteiger partial charge in [-0.3, -0.25) is 4.72 Å². The number of nitrogens with one attached hydrogen (secondary N) is 1. The molecule has 0 unspecified atom stereocenters. The van der Waals surface area contributed by atoms with Crippen molar-refractivity contribution < 1.29 is 12.8 Å². The number of sulfonamides is 1. The van der Waals surface area contributed by atoms with Gasteiger partial charge in [-0.25, -0.2) is 12.8 Å². The second-order valence-electron chi connectivity index (χ2n) is 4.31. The van der Waals surface area contributed by atoms with E-state index in [1.54, 1.807) is 18.2 Å². The summed E-state index contributed by atoms with van der Waals surface area (Å²) in [6.07, 6.45) is 0. The molecule has 0 bridgehead atoms. The third-order valence-electron chi connectivity index (χ3n) is 2.75. The Morgan fingerprint density at radius 1 is 1.29 bits per heavy atom. The number of nitriles is 1. The van der Waals surface area contributed by atoms with Gasteiger partial charge in [-0.05, 0) is 52.7 Å². The van der Waals surface area contributed by atoms with Gasteiger partial charge in [-0.1, -0.05) is 12.1 Å². The van der Waals surface area contributed by atoms with Crippen molar-refractivity contribution in [2.75, 3.05) is 4.72 Å². The lowest BCUT2D eigenvalue weighted by Crippen LogP contribution is -2.15. The van der Waals surface area contributed by atoms with E-state index in [2.05, 4.69) is 20.7 Å². The second-order valence-corrected chi connectivity index (χ2v) is 6.82. The van der Waals surface area contributed by atoms with Crippen LogP contribution in [-0.4, -0.2) is 8.42 Å². The zero-order valence-corrected chi connectivity index (χ0v) is 13.3. The van der Waals surface area contributed by atoms with Crippen molar-refractivity contribution in [2.24, 2.45) is 0 Å². The lowest BCUT2D eigenvalue weighted by atomic mass is 10.2. The van der Waals surface area contributed by atoms with E-state index in [-0.39, 0.29) is 16.1 Å². The number of benzene rings is 2. The summed E-state index contributed by atoms with van der Waals surface area (Å²) in [6.45, 7) is 1.83. The molecule has 4 nitrogen and oxygen atoms in total. The van der Waals surface area contributed by atoms with E-state index in [1.165, 1.54) is 18.2 Å². The first-order chi connectivity index (χ1) is 9.85. The van der Waals surface area contributed by atoms with Crippen LogP contribution in [0.5, 0.6) is 0 Å². The highest BCUT2D eigenvalue weighted by Crippen LogP contribution is 2.27. The third kappa shape index (κ3) is 3.23. The SMILES string of the molecule is Cc1ccc(S(=O)(=O)Nc2cccc(F)c2C#N)c(Br)c1. The highest BCUT2D eigenvalue weighted by atomic mass is 79.9.